The molecule has 1 aromatic rings. The minimum atomic E-state index is -0.909. The van der Waals surface area contributed by atoms with Gasteiger partial charge in [-0.15, -0.1) is 0 Å². The fraction of sp³-hybridized carbons (Fsp3) is 0.333. The van der Waals surface area contributed by atoms with Crippen molar-refractivity contribution in [1.82, 2.24) is 0 Å². The molecular formula is C12H13BrN2O3. The molecule has 1 aliphatic heterocycles. The van der Waals surface area contributed by atoms with Crippen LogP contribution in [0, 0.1) is 6.92 Å². The van der Waals surface area contributed by atoms with Crippen LogP contribution in [0.2, 0.25) is 0 Å². The highest BCUT2D eigenvalue weighted by Gasteiger charge is 2.22. The van der Waals surface area contributed by atoms with E-state index in [1.807, 2.05) is 19.1 Å². The zero-order valence-electron chi connectivity index (χ0n) is 9.86. The maximum Gasteiger partial charge on any atom is 0.323 e. The van der Waals surface area contributed by atoms with Crippen molar-refractivity contribution in [2.45, 2.75) is 13.3 Å². The summed E-state index contributed by atoms with van der Waals surface area (Å²) in [6.45, 7) is 2.22. The number of carboxylic acid groups (broad SMARTS) is 1. The first-order valence-corrected chi connectivity index (χ1v) is 6.33. The minimum absolute atomic E-state index is 0.103. The lowest BCUT2D eigenvalue weighted by Crippen LogP contribution is -2.30. The Balaban J connectivity index is 2.49. The van der Waals surface area contributed by atoms with E-state index in [0.29, 0.717) is 12.2 Å². The highest BCUT2D eigenvalue weighted by atomic mass is 79.9. The molecule has 2 N–H and O–H groups in total. The summed E-state index contributed by atoms with van der Waals surface area (Å²) in [5.41, 5.74) is 2.40. The highest BCUT2D eigenvalue weighted by molar-refractivity contribution is 9.10. The van der Waals surface area contributed by atoms with Crippen LogP contribution >= 0.6 is 15.9 Å². The number of anilines is 2. The number of amides is 1. The van der Waals surface area contributed by atoms with Crippen molar-refractivity contribution in [2.24, 2.45) is 0 Å². The Bertz CT molecular complexity index is 516. The van der Waals surface area contributed by atoms with E-state index in [1.165, 1.54) is 0 Å². The average Bonchev–Trinajstić information content (AvgIpc) is 2.40. The van der Waals surface area contributed by atoms with Crippen molar-refractivity contribution in [2.75, 3.05) is 23.3 Å². The molecule has 0 saturated carbocycles. The number of benzene rings is 1. The summed E-state index contributed by atoms with van der Waals surface area (Å²) in [4.78, 5) is 24.2. The first-order chi connectivity index (χ1) is 8.47. The first-order valence-electron chi connectivity index (χ1n) is 5.54. The molecule has 0 unspecified atom stereocenters. The number of aliphatic carboxylic acids is 1. The molecule has 1 aromatic carbocycles. The van der Waals surface area contributed by atoms with Crippen LogP contribution in [0.25, 0.3) is 0 Å². The summed E-state index contributed by atoms with van der Waals surface area (Å²) in [5, 5.41) is 11.7. The predicted molar refractivity (Wildman–Crippen MR) is 72.0 cm³/mol. The molecule has 0 saturated heterocycles. The van der Waals surface area contributed by atoms with Gasteiger partial charge in [-0.1, -0.05) is 0 Å². The molecule has 1 aliphatic rings. The smallest absolute Gasteiger partial charge is 0.323 e. The number of fused-ring (bicyclic) bond motifs is 1. The van der Waals surface area contributed by atoms with Crippen molar-refractivity contribution in [3.8, 4) is 0 Å². The van der Waals surface area contributed by atoms with Gasteiger partial charge in [-0.3, -0.25) is 9.59 Å². The van der Waals surface area contributed by atoms with Crippen molar-refractivity contribution in [3.05, 3.63) is 22.2 Å². The second-order valence-corrected chi connectivity index (χ2v) is 5.11. The summed E-state index contributed by atoms with van der Waals surface area (Å²) in [6, 6.07) is 3.78. The van der Waals surface area contributed by atoms with Gasteiger partial charge in [-0.05, 0) is 40.5 Å². The molecule has 5 nitrogen and oxygen atoms in total. The van der Waals surface area contributed by atoms with Gasteiger partial charge in [-0.25, -0.2) is 0 Å². The second-order valence-electron chi connectivity index (χ2n) is 4.25. The molecule has 0 spiro atoms. The lowest BCUT2D eigenvalue weighted by atomic mass is 10.1. The van der Waals surface area contributed by atoms with Crippen LogP contribution in [0.5, 0.6) is 0 Å². The van der Waals surface area contributed by atoms with E-state index in [1.54, 1.807) is 4.90 Å². The van der Waals surface area contributed by atoms with Crippen molar-refractivity contribution < 1.29 is 14.7 Å². The Labute approximate surface area is 113 Å². The Morgan fingerprint density at radius 3 is 2.94 bits per heavy atom. The minimum Gasteiger partial charge on any atom is -0.480 e. The Kier molecular flexibility index (Phi) is 3.56. The Morgan fingerprint density at radius 1 is 1.56 bits per heavy atom. The number of carbonyl (C=O) groups excluding carboxylic acids is 1. The van der Waals surface area contributed by atoms with Gasteiger partial charge in [0.2, 0.25) is 5.91 Å². The number of aryl methyl sites for hydroxylation is 1. The normalized spacial score (nSPS) is 14.8. The third-order valence-electron chi connectivity index (χ3n) is 2.75. The quantitative estimate of drug-likeness (QED) is 0.876. The molecule has 0 atom stereocenters. The molecule has 0 aliphatic carbocycles. The van der Waals surface area contributed by atoms with Crippen LogP contribution in [-0.4, -0.2) is 30.1 Å². The lowest BCUT2D eigenvalue weighted by Gasteiger charge is -2.23. The molecule has 0 radical (unpaired) electrons. The summed E-state index contributed by atoms with van der Waals surface area (Å²) < 4.78 is 0.767. The van der Waals surface area contributed by atoms with Gasteiger partial charge in [0.05, 0.1) is 11.4 Å². The maximum atomic E-state index is 11.6. The van der Waals surface area contributed by atoms with Crippen molar-refractivity contribution in [1.29, 1.82) is 0 Å². The van der Waals surface area contributed by atoms with E-state index in [2.05, 4.69) is 21.2 Å². The SMILES string of the molecule is Cc1cc(Br)c2c(c1)N(CC(=O)O)CCC(=O)N2. The van der Waals surface area contributed by atoms with Crippen LogP contribution < -0.4 is 10.2 Å². The zero-order chi connectivity index (χ0) is 13.3. The maximum absolute atomic E-state index is 11.6. The Morgan fingerprint density at radius 2 is 2.28 bits per heavy atom. The monoisotopic (exact) mass is 312 g/mol. The molecule has 1 heterocycles. The first kappa shape index (κ1) is 12.9. The molecular weight excluding hydrogens is 300 g/mol. The van der Waals surface area contributed by atoms with Crippen LogP contribution in [-0.2, 0) is 9.59 Å². The number of hydrogen-bond acceptors (Lipinski definition) is 3. The largest absolute Gasteiger partial charge is 0.480 e. The number of carbonyl (C=O) groups is 2. The highest BCUT2D eigenvalue weighted by Crippen LogP contribution is 2.36. The Hall–Kier alpha value is -1.56. The number of nitrogens with one attached hydrogen (secondary N) is 1. The lowest BCUT2D eigenvalue weighted by molar-refractivity contribution is -0.135. The number of halogens is 1. The van der Waals surface area contributed by atoms with Gasteiger partial charge in [0.1, 0.15) is 6.54 Å². The third-order valence-corrected chi connectivity index (χ3v) is 3.38. The standard InChI is InChI=1S/C12H13BrN2O3/c1-7-4-8(13)12-9(5-7)15(6-11(17)18)3-2-10(16)14-12/h4-5H,2-3,6H2,1H3,(H,14,16)(H,17,18). The molecule has 6 heteroatoms. The third kappa shape index (κ3) is 2.64. The fourth-order valence-electron chi connectivity index (χ4n) is 1.98. The number of rotatable bonds is 2. The number of nitrogens with zero attached hydrogens (tertiary/aromatic N) is 1. The summed E-state index contributed by atoms with van der Waals surface area (Å²) in [5.74, 6) is -1.01. The average molecular weight is 313 g/mol. The van der Waals surface area contributed by atoms with Gasteiger partial charge in [0.25, 0.3) is 0 Å². The molecule has 0 bridgehead atoms. The van der Waals surface area contributed by atoms with E-state index in [4.69, 9.17) is 5.11 Å². The van der Waals surface area contributed by atoms with Gasteiger partial charge < -0.3 is 15.3 Å². The fourth-order valence-corrected chi connectivity index (χ4v) is 2.65. The molecule has 96 valence electrons. The van der Waals surface area contributed by atoms with Crippen molar-refractivity contribution >= 4 is 39.2 Å². The number of hydrogen-bond donors (Lipinski definition) is 2. The van der Waals surface area contributed by atoms with Crippen LogP contribution in [0.1, 0.15) is 12.0 Å². The molecule has 18 heavy (non-hydrogen) atoms. The number of carboxylic acids is 1. The van der Waals surface area contributed by atoms with E-state index < -0.39 is 5.97 Å². The summed E-state index contributed by atoms with van der Waals surface area (Å²) in [7, 11) is 0. The second kappa shape index (κ2) is 4.97. The van der Waals surface area contributed by atoms with Crippen molar-refractivity contribution in [3.63, 3.8) is 0 Å². The van der Waals surface area contributed by atoms with E-state index in [0.717, 1.165) is 15.7 Å². The van der Waals surface area contributed by atoms with E-state index in [9.17, 15) is 9.59 Å². The van der Waals surface area contributed by atoms with Gasteiger partial charge in [-0.2, -0.15) is 0 Å². The molecule has 0 fully saturated rings. The van der Waals surface area contributed by atoms with Crippen LogP contribution in [0.4, 0.5) is 11.4 Å². The summed E-state index contributed by atoms with van der Waals surface area (Å²) in [6.07, 6.45) is 0.285. The molecule has 1 amide bonds. The molecule has 2 rings (SSSR count). The van der Waals surface area contributed by atoms with Gasteiger partial charge in [0, 0.05) is 17.4 Å². The predicted octanol–water partition coefficient (Wildman–Crippen LogP) is 1.99. The van der Waals surface area contributed by atoms with E-state index in [-0.39, 0.29) is 18.9 Å². The zero-order valence-corrected chi connectivity index (χ0v) is 11.5. The van der Waals surface area contributed by atoms with E-state index >= 15 is 0 Å². The summed E-state index contributed by atoms with van der Waals surface area (Å²) >= 11 is 3.40. The van der Waals surface area contributed by atoms with Crippen LogP contribution in [0.15, 0.2) is 16.6 Å². The van der Waals surface area contributed by atoms with Gasteiger partial charge >= 0.3 is 5.97 Å². The van der Waals surface area contributed by atoms with Crippen LogP contribution in [0.3, 0.4) is 0 Å². The molecule has 0 aromatic heterocycles. The topological polar surface area (TPSA) is 69.6 Å². The van der Waals surface area contributed by atoms with Gasteiger partial charge in [0.15, 0.2) is 0 Å².